The summed E-state index contributed by atoms with van der Waals surface area (Å²) in [5.74, 6) is -1.83. The molecule has 0 saturated heterocycles. The van der Waals surface area contributed by atoms with Crippen LogP contribution < -0.4 is 11.1 Å². The van der Waals surface area contributed by atoms with Crippen LogP contribution in [0.25, 0.3) is 0 Å². The average Bonchev–Trinajstić information content (AvgIpc) is 2.45. The van der Waals surface area contributed by atoms with E-state index < -0.39 is 24.0 Å². The van der Waals surface area contributed by atoms with Crippen molar-refractivity contribution in [2.75, 3.05) is 0 Å². The van der Waals surface area contributed by atoms with Gasteiger partial charge in [0.2, 0.25) is 5.91 Å². The molecule has 0 aromatic heterocycles. The molecule has 3 atom stereocenters. The van der Waals surface area contributed by atoms with E-state index in [9.17, 15) is 9.59 Å². The van der Waals surface area contributed by atoms with Gasteiger partial charge in [0.15, 0.2) is 0 Å². The second-order valence-corrected chi connectivity index (χ2v) is 4.91. The zero-order chi connectivity index (χ0) is 15.1. The number of hydrogen-bond donors (Lipinski definition) is 3. The Kier molecular flexibility index (Phi) is 6.18. The molecule has 4 N–H and O–H groups in total. The molecule has 0 aliphatic carbocycles. The summed E-state index contributed by atoms with van der Waals surface area (Å²) >= 11 is 0. The Hall–Kier alpha value is -1.88. The van der Waals surface area contributed by atoms with E-state index in [0.717, 1.165) is 5.56 Å². The topological polar surface area (TPSA) is 92.4 Å². The predicted octanol–water partition coefficient (Wildman–Crippen LogP) is 1.69. The highest BCUT2D eigenvalue weighted by atomic mass is 16.4. The molecule has 0 aliphatic heterocycles. The number of rotatable bonds is 7. The van der Waals surface area contributed by atoms with Crippen molar-refractivity contribution >= 4 is 11.9 Å². The molecule has 1 rings (SSSR count). The van der Waals surface area contributed by atoms with Gasteiger partial charge >= 0.3 is 5.97 Å². The maximum Gasteiger partial charge on any atom is 0.326 e. The van der Waals surface area contributed by atoms with Crippen LogP contribution in [0.15, 0.2) is 30.3 Å². The summed E-state index contributed by atoms with van der Waals surface area (Å²) in [4.78, 5) is 23.1. The molecule has 1 amide bonds. The van der Waals surface area contributed by atoms with Crippen LogP contribution in [0, 0.1) is 5.92 Å². The van der Waals surface area contributed by atoms with Crippen molar-refractivity contribution in [3.63, 3.8) is 0 Å². The summed E-state index contributed by atoms with van der Waals surface area (Å²) in [6.07, 6.45) is 1.10. The molecule has 0 bridgehead atoms. The number of nitrogens with two attached hydrogens (primary N) is 1. The first-order chi connectivity index (χ1) is 9.47. The van der Waals surface area contributed by atoms with Crippen LogP contribution >= 0.6 is 0 Å². The molecule has 0 heterocycles. The van der Waals surface area contributed by atoms with Gasteiger partial charge in [-0.1, -0.05) is 50.6 Å². The fourth-order valence-electron chi connectivity index (χ4n) is 1.98. The minimum atomic E-state index is -1.01. The molecule has 1 aromatic rings. The zero-order valence-electron chi connectivity index (χ0n) is 11.9. The summed E-state index contributed by atoms with van der Waals surface area (Å²) in [5, 5.41) is 11.6. The Morgan fingerprint density at radius 1 is 1.30 bits per heavy atom. The quantitative estimate of drug-likeness (QED) is 0.707. The third-order valence-corrected chi connectivity index (χ3v) is 3.33. The summed E-state index contributed by atoms with van der Waals surface area (Å²) in [5.41, 5.74) is 6.92. The highest BCUT2D eigenvalue weighted by Gasteiger charge is 2.26. The Balaban J connectivity index is 2.69. The summed E-state index contributed by atoms with van der Waals surface area (Å²) in [6, 6.07) is 8.01. The lowest BCUT2D eigenvalue weighted by Crippen LogP contribution is -2.45. The lowest BCUT2D eigenvalue weighted by atomic mass is 9.94. The van der Waals surface area contributed by atoms with E-state index in [-0.39, 0.29) is 5.91 Å². The number of aliphatic carboxylic acids is 1. The van der Waals surface area contributed by atoms with Crippen molar-refractivity contribution in [2.45, 2.75) is 38.8 Å². The number of benzene rings is 1. The molecule has 110 valence electrons. The molecule has 0 fully saturated rings. The van der Waals surface area contributed by atoms with Crippen LogP contribution in [-0.2, 0) is 9.59 Å². The number of carbonyl (C=O) groups is 2. The average molecular weight is 278 g/mol. The predicted molar refractivity (Wildman–Crippen MR) is 77.0 cm³/mol. The monoisotopic (exact) mass is 278 g/mol. The first-order valence-electron chi connectivity index (χ1n) is 6.81. The number of nitrogens with one attached hydrogen (secondary N) is 1. The smallest absolute Gasteiger partial charge is 0.326 e. The van der Waals surface area contributed by atoms with Gasteiger partial charge in [0.05, 0.1) is 5.92 Å². The van der Waals surface area contributed by atoms with Gasteiger partial charge in [0.1, 0.15) is 6.04 Å². The Labute approximate surface area is 119 Å². The van der Waals surface area contributed by atoms with Crippen LogP contribution in [0.4, 0.5) is 0 Å². The maximum absolute atomic E-state index is 12.1. The molecule has 2 unspecified atom stereocenters. The van der Waals surface area contributed by atoms with Gasteiger partial charge in [-0.25, -0.2) is 4.79 Å². The van der Waals surface area contributed by atoms with Crippen molar-refractivity contribution in [3.8, 4) is 0 Å². The van der Waals surface area contributed by atoms with Gasteiger partial charge in [-0.2, -0.15) is 0 Å². The third-order valence-electron chi connectivity index (χ3n) is 3.33. The SMILES string of the molecule is CCC[C@H](NC(=O)C(C)C(N)c1ccccc1)C(=O)O. The van der Waals surface area contributed by atoms with E-state index in [1.807, 2.05) is 37.3 Å². The van der Waals surface area contributed by atoms with E-state index in [1.165, 1.54) is 0 Å². The summed E-state index contributed by atoms with van der Waals surface area (Å²) in [6.45, 7) is 3.58. The van der Waals surface area contributed by atoms with Gasteiger partial charge in [-0.05, 0) is 12.0 Å². The largest absolute Gasteiger partial charge is 0.480 e. The number of carboxylic acids is 1. The second-order valence-electron chi connectivity index (χ2n) is 4.91. The Bertz CT molecular complexity index is 448. The van der Waals surface area contributed by atoms with Gasteiger partial charge < -0.3 is 16.2 Å². The molecule has 0 spiro atoms. The number of carboxylic acid groups (broad SMARTS) is 1. The van der Waals surface area contributed by atoms with Gasteiger partial charge in [-0.15, -0.1) is 0 Å². The molecule has 0 saturated carbocycles. The van der Waals surface area contributed by atoms with Crippen molar-refractivity contribution in [1.29, 1.82) is 0 Å². The molecular weight excluding hydrogens is 256 g/mol. The molecule has 0 radical (unpaired) electrons. The Morgan fingerprint density at radius 2 is 1.90 bits per heavy atom. The van der Waals surface area contributed by atoms with Crippen LogP contribution in [-0.4, -0.2) is 23.0 Å². The molecule has 20 heavy (non-hydrogen) atoms. The molecule has 0 aliphatic rings. The van der Waals surface area contributed by atoms with Gasteiger partial charge in [0, 0.05) is 6.04 Å². The molecule has 5 heteroatoms. The first-order valence-corrected chi connectivity index (χ1v) is 6.81. The number of amides is 1. The fourth-order valence-corrected chi connectivity index (χ4v) is 1.98. The van der Waals surface area contributed by atoms with Gasteiger partial charge in [-0.3, -0.25) is 4.79 Å². The van der Waals surface area contributed by atoms with Gasteiger partial charge in [0.25, 0.3) is 0 Å². The molecular formula is C15H22N2O3. The second kappa shape index (κ2) is 7.65. The van der Waals surface area contributed by atoms with Crippen molar-refractivity contribution in [2.24, 2.45) is 11.7 Å². The lowest BCUT2D eigenvalue weighted by molar-refractivity contribution is -0.142. The van der Waals surface area contributed by atoms with Crippen molar-refractivity contribution in [3.05, 3.63) is 35.9 Å². The molecule has 1 aromatic carbocycles. The minimum absolute atomic E-state index is 0.331. The highest BCUT2D eigenvalue weighted by molar-refractivity contribution is 5.85. The van der Waals surface area contributed by atoms with E-state index in [4.69, 9.17) is 10.8 Å². The third kappa shape index (κ3) is 4.35. The number of carbonyl (C=O) groups excluding carboxylic acids is 1. The zero-order valence-corrected chi connectivity index (χ0v) is 11.9. The van der Waals surface area contributed by atoms with Crippen LogP contribution in [0.1, 0.15) is 38.3 Å². The number of hydrogen-bond acceptors (Lipinski definition) is 3. The minimum Gasteiger partial charge on any atom is -0.480 e. The Morgan fingerprint density at radius 3 is 2.40 bits per heavy atom. The lowest BCUT2D eigenvalue weighted by Gasteiger charge is -2.22. The molecule has 5 nitrogen and oxygen atoms in total. The van der Waals surface area contributed by atoms with E-state index in [0.29, 0.717) is 12.8 Å². The van der Waals surface area contributed by atoms with Crippen molar-refractivity contribution < 1.29 is 14.7 Å². The maximum atomic E-state index is 12.1. The standard InChI is InChI=1S/C15H22N2O3/c1-3-7-12(15(19)20)17-14(18)10(2)13(16)11-8-5-4-6-9-11/h4-6,8-10,12-13H,3,7,16H2,1-2H3,(H,17,18)(H,19,20)/t10?,12-,13?/m0/s1. The summed E-state index contributed by atoms with van der Waals surface area (Å²) in [7, 11) is 0. The van der Waals surface area contributed by atoms with Crippen LogP contribution in [0.2, 0.25) is 0 Å². The van der Waals surface area contributed by atoms with E-state index in [2.05, 4.69) is 5.32 Å². The first kappa shape index (κ1) is 16.2. The highest BCUT2D eigenvalue weighted by Crippen LogP contribution is 2.19. The fraction of sp³-hybridized carbons (Fsp3) is 0.467. The summed E-state index contributed by atoms with van der Waals surface area (Å²) < 4.78 is 0. The van der Waals surface area contributed by atoms with Crippen LogP contribution in [0.5, 0.6) is 0 Å². The van der Waals surface area contributed by atoms with E-state index in [1.54, 1.807) is 6.92 Å². The normalized spacial score (nSPS) is 15.2. The van der Waals surface area contributed by atoms with Crippen LogP contribution in [0.3, 0.4) is 0 Å². The van der Waals surface area contributed by atoms with E-state index >= 15 is 0 Å². The van der Waals surface area contributed by atoms with Crippen molar-refractivity contribution in [1.82, 2.24) is 5.32 Å².